The Morgan fingerprint density at radius 2 is 2.05 bits per heavy atom. The van der Waals surface area contributed by atoms with Crippen molar-refractivity contribution >= 4 is 11.9 Å². The summed E-state index contributed by atoms with van der Waals surface area (Å²) in [5, 5.41) is 11.5. The van der Waals surface area contributed by atoms with Gasteiger partial charge in [0.2, 0.25) is 5.91 Å². The van der Waals surface area contributed by atoms with Crippen molar-refractivity contribution in [2.45, 2.75) is 25.5 Å². The minimum Gasteiger partial charge on any atom is -0.549 e. The number of rotatable bonds is 1. The van der Waals surface area contributed by atoms with Crippen molar-refractivity contribution in [3.63, 3.8) is 0 Å². The van der Waals surface area contributed by atoms with Gasteiger partial charge in [0.15, 0.2) is 5.72 Å². The molecule has 2 aliphatic rings. The molecule has 3 rings (SSSR count). The standard InChI is InChI=1S/C15H17NO4/c1-8-11-9-6-4-5-7-10(9)20-15(8,2)16(3)13(17)12(11)14(18)19/h4-8,11-12H,1-3H3,(H,18,19)/p-1/t8-,11-,12+,15-/m0/s1. The van der Waals surface area contributed by atoms with E-state index in [0.717, 1.165) is 5.56 Å². The van der Waals surface area contributed by atoms with Crippen molar-refractivity contribution in [2.75, 3.05) is 7.05 Å². The van der Waals surface area contributed by atoms with E-state index in [2.05, 4.69) is 0 Å². The molecule has 0 aliphatic carbocycles. The number of carbonyl (C=O) groups excluding carboxylic acids is 2. The number of hydrogen-bond donors (Lipinski definition) is 0. The average molecular weight is 274 g/mol. The molecule has 5 nitrogen and oxygen atoms in total. The summed E-state index contributed by atoms with van der Waals surface area (Å²) >= 11 is 0. The number of ether oxygens (including phenoxy) is 1. The minimum atomic E-state index is -1.32. The number of carboxylic acids is 1. The van der Waals surface area contributed by atoms with Crippen molar-refractivity contribution < 1.29 is 19.4 Å². The Bertz CT molecular complexity index is 599. The Morgan fingerprint density at radius 1 is 1.40 bits per heavy atom. The smallest absolute Gasteiger partial charge is 0.234 e. The van der Waals surface area contributed by atoms with E-state index < -0.39 is 29.4 Å². The van der Waals surface area contributed by atoms with Crippen LogP contribution in [0, 0.1) is 11.8 Å². The summed E-state index contributed by atoms with van der Waals surface area (Å²) in [6.45, 7) is 3.74. The molecule has 2 bridgehead atoms. The summed E-state index contributed by atoms with van der Waals surface area (Å²) in [4.78, 5) is 25.2. The number of piperidine rings is 1. The van der Waals surface area contributed by atoms with E-state index in [9.17, 15) is 14.7 Å². The molecule has 0 unspecified atom stereocenters. The van der Waals surface area contributed by atoms with E-state index in [1.54, 1.807) is 7.05 Å². The third-order valence-electron chi connectivity index (χ3n) is 4.85. The molecular weight excluding hydrogens is 258 g/mol. The van der Waals surface area contributed by atoms with Gasteiger partial charge in [0.25, 0.3) is 0 Å². The van der Waals surface area contributed by atoms with Gasteiger partial charge in [-0.2, -0.15) is 0 Å². The third-order valence-corrected chi connectivity index (χ3v) is 4.85. The first-order chi connectivity index (χ1) is 9.38. The number of para-hydroxylation sites is 1. The molecule has 2 aliphatic heterocycles. The van der Waals surface area contributed by atoms with Crippen LogP contribution >= 0.6 is 0 Å². The van der Waals surface area contributed by atoms with Gasteiger partial charge in [-0.05, 0) is 18.6 Å². The Morgan fingerprint density at radius 3 is 2.70 bits per heavy atom. The first-order valence-corrected chi connectivity index (χ1v) is 6.64. The van der Waals surface area contributed by atoms with E-state index in [1.165, 1.54) is 4.90 Å². The van der Waals surface area contributed by atoms with E-state index in [1.807, 2.05) is 38.1 Å². The van der Waals surface area contributed by atoms with Crippen LogP contribution in [0.25, 0.3) is 0 Å². The molecule has 20 heavy (non-hydrogen) atoms. The Labute approximate surface area is 117 Å². The quantitative estimate of drug-likeness (QED) is 0.693. The lowest BCUT2D eigenvalue weighted by molar-refractivity contribution is -0.314. The van der Waals surface area contributed by atoms with Crippen LogP contribution in [0.1, 0.15) is 25.3 Å². The van der Waals surface area contributed by atoms with Crippen LogP contribution in [0.3, 0.4) is 0 Å². The van der Waals surface area contributed by atoms with E-state index in [-0.39, 0.29) is 5.92 Å². The van der Waals surface area contributed by atoms with E-state index in [0.29, 0.717) is 5.75 Å². The van der Waals surface area contributed by atoms with Crippen LogP contribution in [0.5, 0.6) is 5.75 Å². The number of amides is 1. The lowest BCUT2D eigenvalue weighted by atomic mass is 9.67. The molecule has 106 valence electrons. The zero-order valence-corrected chi connectivity index (χ0v) is 11.6. The molecular formula is C15H16NO4-. The number of aliphatic carboxylic acids is 1. The highest BCUT2D eigenvalue weighted by atomic mass is 16.5. The van der Waals surface area contributed by atoms with Gasteiger partial charge >= 0.3 is 0 Å². The van der Waals surface area contributed by atoms with Crippen LogP contribution in [0.4, 0.5) is 0 Å². The maximum Gasteiger partial charge on any atom is 0.234 e. The van der Waals surface area contributed by atoms with Gasteiger partial charge in [-0.1, -0.05) is 25.1 Å². The SMILES string of the molecule is C[C@H]1[C@H]2c3ccccc3O[C@]1(C)N(C)C(=O)[C@@H]2C(=O)[O-]. The van der Waals surface area contributed by atoms with Crippen molar-refractivity contribution in [3.8, 4) is 5.75 Å². The second-order valence-corrected chi connectivity index (χ2v) is 5.70. The predicted molar refractivity (Wildman–Crippen MR) is 68.6 cm³/mol. The molecule has 0 N–H and O–H groups in total. The lowest BCUT2D eigenvalue weighted by Gasteiger charge is -2.56. The Kier molecular flexibility index (Phi) is 2.58. The maximum atomic E-state index is 12.4. The van der Waals surface area contributed by atoms with Gasteiger partial charge in [0, 0.05) is 18.9 Å². The number of nitrogens with zero attached hydrogens (tertiary/aromatic N) is 1. The molecule has 1 saturated heterocycles. The fraction of sp³-hybridized carbons (Fsp3) is 0.467. The van der Waals surface area contributed by atoms with Crippen LogP contribution in [0.2, 0.25) is 0 Å². The van der Waals surface area contributed by atoms with Crippen molar-refractivity contribution in [1.82, 2.24) is 4.90 Å². The first kappa shape index (κ1) is 13.0. The topological polar surface area (TPSA) is 69.7 Å². The number of hydrogen-bond acceptors (Lipinski definition) is 4. The number of fused-ring (bicyclic) bond motifs is 4. The Hall–Kier alpha value is -2.04. The lowest BCUT2D eigenvalue weighted by Crippen LogP contribution is -2.67. The van der Waals surface area contributed by atoms with Gasteiger partial charge in [0.05, 0.1) is 11.9 Å². The van der Waals surface area contributed by atoms with Crippen LogP contribution in [0.15, 0.2) is 24.3 Å². The fourth-order valence-electron chi connectivity index (χ4n) is 3.44. The summed E-state index contributed by atoms with van der Waals surface area (Å²) in [5.41, 5.74) is -0.0599. The summed E-state index contributed by atoms with van der Waals surface area (Å²) in [6.07, 6.45) is 0. The molecule has 1 amide bonds. The molecule has 2 heterocycles. The van der Waals surface area contributed by atoms with Crippen LogP contribution in [-0.2, 0) is 9.59 Å². The molecule has 1 aromatic rings. The molecule has 0 aromatic heterocycles. The van der Waals surface area contributed by atoms with Gasteiger partial charge in [0.1, 0.15) is 5.75 Å². The molecule has 1 fully saturated rings. The molecule has 1 aromatic carbocycles. The number of carboxylic acid groups (broad SMARTS) is 1. The van der Waals surface area contributed by atoms with Gasteiger partial charge < -0.3 is 19.5 Å². The Balaban J connectivity index is 2.24. The molecule has 4 atom stereocenters. The van der Waals surface area contributed by atoms with Crippen LogP contribution in [-0.4, -0.2) is 29.5 Å². The second kappa shape index (κ2) is 3.98. The largest absolute Gasteiger partial charge is 0.549 e. The van der Waals surface area contributed by atoms with Crippen molar-refractivity contribution in [2.24, 2.45) is 11.8 Å². The predicted octanol–water partition coefficient (Wildman–Crippen LogP) is 0.353. The first-order valence-electron chi connectivity index (χ1n) is 6.64. The molecule has 0 radical (unpaired) electrons. The monoisotopic (exact) mass is 274 g/mol. The summed E-state index contributed by atoms with van der Waals surface area (Å²) in [6, 6.07) is 7.30. The van der Waals surface area contributed by atoms with Crippen molar-refractivity contribution in [3.05, 3.63) is 29.8 Å². The summed E-state index contributed by atoms with van der Waals surface area (Å²) in [7, 11) is 1.58. The number of carbonyl (C=O) groups is 2. The summed E-state index contributed by atoms with van der Waals surface area (Å²) in [5.74, 6) is -2.85. The highest BCUT2D eigenvalue weighted by molar-refractivity contribution is 5.98. The minimum absolute atomic E-state index is 0.136. The normalized spacial score (nSPS) is 35.2. The second-order valence-electron chi connectivity index (χ2n) is 5.70. The number of likely N-dealkylation sites (tertiary alicyclic amines) is 1. The van der Waals surface area contributed by atoms with Crippen LogP contribution < -0.4 is 9.84 Å². The van der Waals surface area contributed by atoms with Gasteiger partial charge in [-0.15, -0.1) is 0 Å². The number of benzene rings is 1. The molecule has 0 spiro atoms. The highest BCUT2D eigenvalue weighted by Gasteiger charge is 2.57. The van der Waals surface area contributed by atoms with E-state index in [4.69, 9.17) is 4.74 Å². The van der Waals surface area contributed by atoms with Gasteiger partial charge in [-0.3, -0.25) is 4.79 Å². The average Bonchev–Trinajstić information content (AvgIpc) is 2.40. The maximum absolute atomic E-state index is 12.4. The third kappa shape index (κ3) is 1.43. The molecule has 0 saturated carbocycles. The molecule has 5 heteroatoms. The zero-order chi connectivity index (χ0) is 14.7. The fourth-order valence-corrected chi connectivity index (χ4v) is 3.44. The van der Waals surface area contributed by atoms with Crippen molar-refractivity contribution in [1.29, 1.82) is 0 Å². The van der Waals surface area contributed by atoms with Gasteiger partial charge in [-0.25, -0.2) is 0 Å². The zero-order valence-electron chi connectivity index (χ0n) is 11.6. The van der Waals surface area contributed by atoms with E-state index >= 15 is 0 Å². The highest BCUT2D eigenvalue weighted by Crippen LogP contribution is 2.52. The summed E-state index contributed by atoms with van der Waals surface area (Å²) < 4.78 is 6.01.